The summed E-state index contributed by atoms with van der Waals surface area (Å²) in [7, 11) is 0. The van der Waals surface area contributed by atoms with Crippen LogP contribution in [0.15, 0.2) is 69.8 Å². The Morgan fingerprint density at radius 2 is 1.74 bits per heavy atom. The largest absolute Gasteiger partial charge is 0.325 e. The molecule has 4 nitrogen and oxygen atoms in total. The first-order chi connectivity index (χ1) is 13.0. The van der Waals surface area contributed by atoms with Gasteiger partial charge in [-0.25, -0.2) is 9.97 Å². The predicted octanol–water partition coefficient (Wildman–Crippen LogP) is 5.28. The van der Waals surface area contributed by atoms with E-state index in [2.05, 4.69) is 34.3 Å². The molecule has 0 unspecified atom stereocenters. The van der Waals surface area contributed by atoms with Crippen LogP contribution < -0.4 is 5.32 Å². The lowest BCUT2D eigenvalue weighted by atomic mass is 10.1. The van der Waals surface area contributed by atoms with Crippen molar-refractivity contribution in [1.82, 2.24) is 9.97 Å². The molecular formula is C21H21N3OS2. The maximum Gasteiger partial charge on any atom is 0.234 e. The van der Waals surface area contributed by atoms with E-state index in [0.29, 0.717) is 0 Å². The van der Waals surface area contributed by atoms with Gasteiger partial charge in [-0.15, -0.1) is 0 Å². The molecule has 0 radical (unpaired) electrons. The zero-order valence-corrected chi connectivity index (χ0v) is 17.2. The number of anilines is 1. The van der Waals surface area contributed by atoms with E-state index < -0.39 is 0 Å². The van der Waals surface area contributed by atoms with Crippen LogP contribution in [0.3, 0.4) is 0 Å². The van der Waals surface area contributed by atoms with Crippen molar-refractivity contribution in [3.05, 3.63) is 71.5 Å². The van der Waals surface area contributed by atoms with Gasteiger partial charge in [0.25, 0.3) is 0 Å². The molecular weight excluding hydrogens is 374 g/mol. The first-order valence-corrected chi connectivity index (χ1v) is 10.4. The van der Waals surface area contributed by atoms with Gasteiger partial charge >= 0.3 is 0 Å². The molecule has 1 N–H and O–H groups in total. The number of thioether (sulfide) groups is 1. The second kappa shape index (κ2) is 9.06. The van der Waals surface area contributed by atoms with Crippen LogP contribution in [-0.4, -0.2) is 21.6 Å². The van der Waals surface area contributed by atoms with Crippen molar-refractivity contribution >= 4 is 35.1 Å². The molecule has 0 bridgehead atoms. The highest BCUT2D eigenvalue weighted by Gasteiger charge is 2.12. The van der Waals surface area contributed by atoms with E-state index in [0.717, 1.165) is 31.8 Å². The number of amides is 1. The SMILES string of the molecule is Cc1cccc(Sc2nccnc2SCC(=O)Nc2cccc(C)c2C)c1. The van der Waals surface area contributed by atoms with Crippen LogP contribution in [0.25, 0.3) is 0 Å². The van der Waals surface area contributed by atoms with Crippen LogP contribution in [-0.2, 0) is 4.79 Å². The third kappa shape index (κ3) is 5.34. The van der Waals surface area contributed by atoms with Crippen LogP contribution in [0.4, 0.5) is 5.69 Å². The molecule has 0 spiro atoms. The monoisotopic (exact) mass is 395 g/mol. The Balaban J connectivity index is 1.66. The van der Waals surface area contributed by atoms with Gasteiger partial charge in [-0.1, -0.05) is 53.4 Å². The molecule has 0 atom stereocenters. The van der Waals surface area contributed by atoms with Gasteiger partial charge in [0.2, 0.25) is 5.91 Å². The lowest BCUT2D eigenvalue weighted by molar-refractivity contribution is -0.113. The van der Waals surface area contributed by atoms with E-state index in [9.17, 15) is 4.79 Å². The molecule has 0 fully saturated rings. The fraction of sp³-hybridized carbons (Fsp3) is 0.190. The van der Waals surface area contributed by atoms with Crippen molar-refractivity contribution in [2.45, 2.75) is 35.7 Å². The number of nitrogens with one attached hydrogen (secondary N) is 1. The molecule has 0 aliphatic carbocycles. The van der Waals surface area contributed by atoms with Crippen molar-refractivity contribution in [1.29, 1.82) is 0 Å². The zero-order valence-electron chi connectivity index (χ0n) is 15.5. The zero-order chi connectivity index (χ0) is 19.2. The van der Waals surface area contributed by atoms with Gasteiger partial charge in [-0.3, -0.25) is 4.79 Å². The predicted molar refractivity (Wildman–Crippen MR) is 113 cm³/mol. The van der Waals surface area contributed by atoms with Crippen molar-refractivity contribution in [3.8, 4) is 0 Å². The molecule has 0 saturated carbocycles. The van der Waals surface area contributed by atoms with E-state index >= 15 is 0 Å². The fourth-order valence-corrected chi connectivity index (χ4v) is 4.30. The van der Waals surface area contributed by atoms with Crippen LogP contribution in [0, 0.1) is 20.8 Å². The number of benzene rings is 2. The van der Waals surface area contributed by atoms with Gasteiger partial charge in [0.15, 0.2) is 0 Å². The minimum atomic E-state index is -0.0501. The maximum atomic E-state index is 12.4. The Hall–Kier alpha value is -2.31. The lowest BCUT2D eigenvalue weighted by Crippen LogP contribution is -2.15. The van der Waals surface area contributed by atoms with Crippen LogP contribution in [0.2, 0.25) is 0 Å². The maximum absolute atomic E-state index is 12.4. The molecule has 1 heterocycles. The minimum absolute atomic E-state index is 0.0501. The number of carbonyl (C=O) groups excluding carboxylic acids is 1. The van der Waals surface area contributed by atoms with E-state index in [-0.39, 0.29) is 11.7 Å². The number of aromatic nitrogens is 2. The molecule has 3 rings (SSSR count). The van der Waals surface area contributed by atoms with Crippen LogP contribution >= 0.6 is 23.5 Å². The van der Waals surface area contributed by atoms with Gasteiger partial charge in [-0.05, 0) is 50.1 Å². The third-order valence-corrected chi connectivity index (χ3v) is 6.15. The number of rotatable bonds is 6. The summed E-state index contributed by atoms with van der Waals surface area (Å²) in [4.78, 5) is 22.3. The van der Waals surface area contributed by atoms with Crippen molar-refractivity contribution in [3.63, 3.8) is 0 Å². The highest BCUT2D eigenvalue weighted by Crippen LogP contribution is 2.32. The Kier molecular flexibility index (Phi) is 6.53. The summed E-state index contributed by atoms with van der Waals surface area (Å²) in [6, 6.07) is 14.2. The summed E-state index contributed by atoms with van der Waals surface area (Å²) in [5.41, 5.74) is 4.30. The van der Waals surface area contributed by atoms with Crippen molar-refractivity contribution < 1.29 is 4.79 Å². The van der Waals surface area contributed by atoms with Gasteiger partial charge in [0, 0.05) is 23.0 Å². The topological polar surface area (TPSA) is 54.9 Å². The van der Waals surface area contributed by atoms with E-state index in [1.54, 1.807) is 24.2 Å². The van der Waals surface area contributed by atoms with Crippen molar-refractivity contribution in [2.24, 2.45) is 0 Å². The fourth-order valence-electron chi connectivity index (χ4n) is 2.48. The van der Waals surface area contributed by atoms with Gasteiger partial charge in [-0.2, -0.15) is 0 Å². The summed E-state index contributed by atoms with van der Waals surface area (Å²) in [5, 5.41) is 4.56. The Morgan fingerprint density at radius 3 is 2.52 bits per heavy atom. The standard InChI is InChI=1S/C21H21N3OS2/c1-14-6-4-8-17(12-14)27-21-20(22-10-11-23-21)26-13-19(25)24-18-9-5-7-15(2)16(18)3/h4-12H,13H2,1-3H3,(H,24,25). The number of carbonyl (C=O) groups is 1. The second-order valence-corrected chi connectivity index (χ2v) is 8.20. The molecule has 0 saturated heterocycles. The Labute approximate surface area is 168 Å². The lowest BCUT2D eigenvalue weighted by Gasteiger charge is -2.11. The number of hydrogen-bond acceptors (Lipinski definition) is 5. The van der Waals surface area contributed by atoms with E-state index in [4.69, 9.17) is 0 Å². The molecule has 0 aliphatic rings. The van der Waals surface area contributed by atoms with Gasteiger partial charge < -0.3 is 5.32 Å². The van der Waals surface area contributed by atoms with Gasteiger partial charge in [0.05, 0.1) is 5.75 Å². The summed E-state index contributed by atoms with van der Waals surface area (Å²) in [5.74, 6) is 0.235. The molecule has 2 aromatic carbocycles. The molecule has 3 aromatic rings. The van der Waals surface area contributed by atoms with E-state index in [1.165, 1.54) is 17.3 Å². The summed E-state index contributed by atoms with van der Waals surface area (Å²) in [6.45, 7) is 6.11. The average Bonchev–Trinajstić information content (AvgIpc) is 2.65. The summed E-state index contributed by atoms with van der Waals surface area (Å²) in [6.07, 6.45) is 3.34. The molecule has 0 aliphatic heterocycles. The number of nitrogens with zero attached hydrogens (tertiary/aromatic N) is 2. The normalized spacial score (nSPS) is 10.6. The molecule has 138 valence electrons. The van der Waals surface area contributed by atoms with Crippen LogP contribution in [0.5, 0.6) is 0 Å². The minimum Gasteiger partial charge on any atom is -0.325 e. The number of aryl methyl sites for hydroxylation is 2. The summed E-state index contributed by atoms with van der Waals surface area (Å²) >= 11 is 2.96. The Morgan fingerprint density at radius 1 is 1.00 bits per heavy atom. The quantitative estimate of drug-likeness (QED) is 0.575. The molecule has 27 heavy (non-hydrogen) atoms. The first kappa shape index (κ1) is 19.5. The smallest absolute Gasteiger partial charge is 0.234 e. The molecule has 1 amide bonds. The van der Waals surface area contributed by atoms with Crippen molar-refractivity contribution in [2.75, 3.05) is 11.1 Å². The molecule has 6 heteroatoms. The highest BCUT2D eigenvalue weighted by molar-refractivity contribution is 8.02. The third-order valence-electron chi connectivity index (χ3n) is 4.06. The Bertz CT molecular complexity index is 960. The number of hydrogen-bond donors (Lipinski definition) is 1. The van der Waals surface area contributed by atoms with Crippen LogP contribution in [0.1, 0.15) is 16.7 Å². The second-order valence-electron chi connectivity index (χ2n) is 6.17. The molecule has 1 aromatic heterocycles. The first-order valence-electron chi connectivity index (χ1n) is 8.57. The highest BCUT2D eigenvalue weighted by atomic mass is 32.2. The average molecular weight is 396 g/mol. The summed E-state index contributed by atoms with van der Waals surface area (Å²) < 4.78 is 0. The van der Waals surface area contributed by atoms with E-state index in [1.807, 2.05) is 44.2 Å². The van der Waals surface area contributed by atoms with Gasteiger partial charge in [0.1, 0.15) is 10.1 Å².